The number of hydrogen-bond donors (Lipinski definition) is 5. The van der Waals surface area contributed by atoms with E-state index in [9.17, 15) is 10.00 Å². The molecule has 7 N–H and O–H groups in total. The predicted molar refractivity (Wildman–Crippen MR) is 92.9 cm³/mol. The maximum absolute atomic E-state index is 10.6. The lowest BCUT2D eigenvalue weighted by Crippen LogP contribution is -2.40. The second-order valence-electron chi connectivity index (χ2n) is 5.96. The normalized spacial score (nSPS) is 34.1. The van der Waals surface area contributed by atoms with Crippen LogP contribution in [-0.2, 0) is 13.8 Å². The van der Waals surface area contributed by atoms with Crippen molar-refractivity contribution in [3.8, 4) is 0 Å². The van der Waals surface area contributed by atoms with Gasteiger partial charge in [0.2, 0.25) is 5.95 Å². The van der Waals surface area contributed by atoms with Crippen molar-refractivity contribution in [1.29, 1.82) is 0 Å². The lowest BCUT2D eigenvalue weighted by Gasteiger charge is -2.27. The van der Waals surface area contributed by atoms with Crippen LogP contribution in [0.15, 0.2) is 6.33 Å². The van der Waals surface area contributed by atoms with Gasteiger partial charge in [0, 0.05) is 13.1 Å². The van der Waals surface area contributed by atoms with Crippen LogP contribution in [0.1, 0.15) is 6.23 Å². The zero-order valence-corrected chi connectivity index (χ0v) is 14.5. The van der Waals surface area contributed by atoms with Crippen LogP contribution in [0.25, 0.3) is 11.2 Å². The number of rotatable bonds is 4. The molecule has 0 aromatic carbocycles. The highest BCUT2D eigenvalue weighted by Gasteiger charge is 2.56. The molecule has 1 unspecified atom stereocenters. The summed E-state index contributed by atoms with van der Waals surface area (Å²) in [4.78, 5) is 22.5. The third-order valence-electron chi connectivity index (χ3n) is 4.16. The number of hydrogen-bond acceptors (Lipinski definition) is 11. The smallest absolute Gasteiger partial charge is 0.385 e. The molecule has 138 valence electrons. The Morgan fingerprint density at radius 1 is 1.46 bits per heavy atom. The van der Waals surface area contributed by atoms with E-state index in [1.54, 1.807) is 0 Å². The molecule has 4 rings (SSSR count). The van der Waals surface area contributed by atoms with Gasteiger partial charge in [-0.15, -0.1) is 0 Å². The number of nitrogens with zero attached hydrogens (tertiary/aromatic N) is 4. The van der Waals surface area contributed by atoms with Crippen LogP contribution in [0.2, 0.25) is 0 Å². The molecule has 2 radical (unpaired) electrons. The number of nitrogen functional groups attached to an aromatic ring is 1. The predicted octanol–water partition coefficient (Wildman–Crippen LogP) is -1.71. The van der Waals surface area contributed by atoms with Crippen molar-refractivity contribution in [1.82, 2.24) is 19.5 Å². The summed E-state index contributed by atoms with van der Waals surface area (Å²) in [6, 6.07) is 0. The number of imidazole rings is 1. The van der Waals surface area contributed by atoms with Gasteiger partial charge in [0.15, 0.2) is 23.8 Å². The molecule has 26 heavy (non-hydrogen) atoms. The number of aromatic nitrogens is 4. The highest BCUT2D eigenvalue weighted by atomic mass is 31.2. The summed E-state index contributed by atoms with van der Waals surface area (Å²) in [7, 11) is 2.06. The van der Waals surface area contributed by atoms with Crippen LogP contribution in [0.4, 0.5) is 11.8 Å². The van der Waals surface area contributed by atoms with Gasteiger partial charge in [0.1, 0.15) is 24.3 Å². The average molecular weight is 382 g/mol. The van der Waals surface area contributed by atoms with Gasteiger partial charge in [-0.25, -0.2) is 9.88 Å². The van der Waals surface area contributed by atoms with Gasteiger partial charge in [-0.2, -0.15) is 19.0 Å². The number of aliphatic hydroxyl groups is 1. The van der Waals surface area contributed by atoms with Crippen LogP contribution in [-0.4, -0.2) is 75.1 Å². The van der Waals surface area contributed by atoms with Crippen molar-refractivity contribution >= 4 is 38.3 Å². The van der Waals surface area contributed by atoms with Crippen LogP contribution in [0, 0.1) is 0 Å². The van der Waals surface area contributed by atoms with Crippen molar-refractivity contribution in [3.05, 3.63) is 6.33 Å². The molecule has 2 aliphatic rings. The Bertz CT molecular complexity index is 823. The van der Waals surface area contributed by atoms with Gasteiger partial charge in [0.05, 0.1) is 6.33 Å². The maximum Gasteiger partial charge on any atom is 0.488 e. The summed E-state index contributed by atoms with van der Waals surface area (Å²) in [6.45, 7) is 0.874. The van der Waals surface area contributed by atoms with E-state index in [4.69, 9.17) is 32.8 Å². The molecule has 0 spiro atoms. The number of nitrogens with one attached hydrogen (secondary N) is 1. The first-order chi connectivity index (χ1) is 12.4. The molecule has 0 saturated carbocycles. The first kappa shape index (κ1) is 17.8. The Kier molecular flexibility index (Phi) is 4.47. The van der Waals surface area contributed by atoms with E-state index >= 15 is 0 Å². The summed E-state index contributed by atoms with van der Waals surface area (Å²) in [5.41, 5.74) is 12.1. The molecule has 14 heteroatoms. The first-order valence-corrected chi connectivity index (χ1v) is 9.55. The van der Waals surface area contributed by atoms with Crippen LogP contribution in [0.5, 0.6) is 0 Å². The third-order valence-corrected chi connectivity index (χ3v) is 5.22. The van der Waals surface area contributed by atoms with E-state index in [-0.39, 0.29) is 18.4 Å². The monoisotopic (exact) mass is 382 g/mol. The average Bonchev–Trinajstić information content (AvgIpc) is 3.14. The summed E-state index contributed by atoms with van der Waals surface area (Å²) in [6.07, 6.45) is -1.96. The standard InChI is InChI=1S/C12H18BN7O5P/c13-26(22)23-3-5-8(25-26)7(21)11(24-5)20-4-17-6-9(15)18-12(16-2-1-14)19-10(6)20/h4-5,7-8,11,21-22H,1-3,14H2,(H3,15,16,18,19)/q+1/t5-,7+,8+,11-,26?/m1/s1. The minimum atomic E-state index is -3.46. The van der Waals surface area contributed by atoms with Crippen molar-refractivity contribution in [2.24, 2.45) is 5.73 Å². The van der Waals surface area contributed by atoms with Gasteiger partial charge in [0.25, 0.3) is 0 Å². The van der Waals surface area contributed by atoms with E-state index in [1.807, 2.05) is 0 Å². The van der Waals surface area contributed by atoms with E-state index in [0.29, 0.717) is 24.3 Å². The van der Waals surface area contributed by atoms with Gasteiger partial charge < -0.3 is 26.6 Å². The second kappa shape index (κ2) is 6.53. The van der Waals surface area contributed by atoms with Crippen molar-refractivity contribution in [2.75, 3.05) is 30.7 Å². The Morgan fingerprint density at radius 3 is 3.04 bits per heavy atom. The van der Waals surface area contributed by atoms with Gasteiger partial charge in [-0.1, -0.05) is 0 Å². The molecular formula is C12H18BN7O5P+. The zero-order valence-electron chi connectivity index (χ0n) is 13.6. The largest absolute Gasteiger partial charge is 0.488 e. The SMILES string of the molecule is [B][P+]1(O)OC[C@H]2O[C@@H](n3cnc4c(N)nc(NCCN)nc43)[C@@H](O)[C@H]2O1. The van der Waals surface area contributed by atoms with Crippen molar-refractivity contribution in [2.45, 2.75) is 24.5 Å². The summed E-state index contributed by atoms with van der Waals surface area (Å²) in [5, 5.41) is 13.6. The van der Waals surface area contributed by atoms with E-state index < -0.39 is 32.4 Å². The number of fused-ring (bicyclic) bond motifs is 2. The fourth-order valence-electron chi connectivity index (χ4n) is 2.99. The molecular weight excluding hydrogens is 364 g/mol. The molecule has 2 saturated heterocycles. The summed E-state index contributed by atoms with van der Waals surface area (Å²) in [5.74, 6) is 0.467. The van der Waals surface area contributed by atoms with E-state index in [0.717, 1.165) is 0 Å². The van der Waals surface area contributed by atoms with E-state index in [1.165, 1.54) is 10.9 Å². The Balaban J connectivity index is 1.67. The molecule has 2 aliphatic heterocycles. The molecule has 0 bridgehead atoms. The van der Waals surface area contributed by atoms with E-state index in [2.05, 4.69) is 20.3 Å². The molecule has 0 amide bonds. The highest BCUT2D eigenvalue weighted by Crippen LogP contribution is 2.58. The Labute approximate surface area is 149 Å². The Hall–Kier alpha value is -1.60. The number of anilines is 2. The zero-order chi connectivity index (χ0) is 18.5. The van der Waals surface area contributed by atoms with Gasteiger partial charge in [-0.3, -0.25) is 4.57 Å². The van der Waals surface area contributed by atoms with Crippen molar-refractivity contribution in [3.63, 3.8) is 0 Å². The molecule has 0 aliphatic carbocycles. The molecule has 5 atom stereocenters. The number of nitrogens with two attached hydrogens (primary N) is 2. The number of aliphatic hydroxyl groups excluding tert-OH is 1. The minimum Gasteiger partial charge on any atom is -0.385 e. The fraction of sp³-hybridized carbons (Fsp3) is 0.583. The van der Waals surface area contributed by atoms with Crippen LogP contribution < -0.4 is 16.8 Å². The molecule has 4 heterocycles. The maximum atomic E-state index is 10.6. The van der Waals surface area contributed by atoms with Crippen molar-refractivity contribution < 1.29 is 23.8 Å². The molecule has 2 aromatic rings. The van der Waals surface area contributed by atoms with Gasteiger partial charge >= 0.3 is 15.4 Å². The molecule has 2 aromatic heterocycles. The first-order valence-electron chi connectivity index (χ1n) is 7.90. The fourth-order valence-corrected chi connectivity index (χ4v) is 4.02. The Morgan fingerprint density at radius 2 is 2.27 bits per heavy atom. The minimum absolute atomic E-state index is 0.00601. The third kappa shape index (κ3) is 3.01. The van der Waals surface area contributed by atoms with Gasteiger partial charge in [-0.05, 0) is 0 Å². The topological polar surface area (TPSA) is 176 Å². The number of ether oxygens (including phenoxy) is 1. The highest BCUT2D eigenvalue weighted by molar-refractivity contribution is 7.85. The lowest BCUT2D eigenvalue weighted by atomic mass is 10.1. The molecule has 12 nitrogen and oxygen atoms in total. The van der Waals surface area contributed by atoms with Crippen LogP contribution in [0.3, 0.4) is 0 Å². The van der Waals surface area contributed by atoms with Crippen LogP contribution >= 0.6 is 7.82 Å². The summed E-state index contributed by atoms with van der Waals surface area (Å²) < 4.78 is 17.7. The second-order valence-corrected chi connectivity index (χ2v) is 7.55. The lowest BCUT2D eigenvalue weighted by molar-refractivity contribution is -0.0603. The quantitative estimate of drug-likeness (QED) is 0.301. The summed E-state index contributed by atoms with van der Waals surface area (Å²) >= 11 is 0. The molecule has 2 fully saturated rings.